The van der Waals surface area contributed by atoms with E-state index in [-0.39, 0.29) is 15.4 Å². The number of hydrogen-bond acceptors (Lipinski definition) is 3. The Morgan fingerprint density at radius 2 is 1.15 bits per heavy atom. The first kappa shape index (κ1) is 31.6. The second-order valence-corrected chi connectivity index (χ2v) is 9.34. The summed E-state index contributed by atoms with van der Waals surface area (Å²) in [5, 5.41) is 9.16. The molecule has 222 valence electrons. The van der Waals surface area contributed by atoms with Crippen LogP contribution in [0.4, 0.5) is 52.7 Å². The van der Waals surface area contributed by atoms with E-state index >= 15 is 0 Å². The van der Waals surface area contributed by atoms with Crippen molar-refractivity contribution < 1.29 is 52.7 Å². The van der Waals surface area contributed by atoms with Crippen molar-refractivity contribution in [3.8, 4) is 0 Å². The van der Waals surface area contributed by atoms with Crippen LogP contribution in [0.3, 0.4) is 0 Å². The largest absolute Gasteiger partial charge is 0.435 e. The van der Waals surface area contributed by atoms with Gasteiger partial charge < -0.3 is 0 Å². The summed E-state index contributed by atoms with van der Waals surface area (Å²) < 4.78 is 163. The Labute approximate surface area is 225 Å². The Morgan fingerprint density at radius 3 is 1.52 bits per heavy atom. The average Bonchev–Trinajstić information content (AvgIpc) is 3.41. The molecule has 2 atom stereocenters. The summed E-state index contributed by atoms with van der Waals surface area (Å²) >= 11 is 11.2. The molecule has 0 spiro atoms. The fourth-order valence-corrected chi connectivity index (χ4v) is 4.13. The molecule has 3 rings (SSSR count). The summed E-state index contributed by atoms with van der Waals surface area (Å²) in [6.07, 6.45) is -24.1. The van der Waals surface area contributed by atoms with Gasteiger partial charge in [-0.3, -0.25) is 4.68 Å². The second kappa shape index (κ2) is 10.2. The third kappa shape index (κ3) is 6.21. The SMILES string of the molecule is Cc1cc(C(F)(F)F)nn1C(C=C(Cl)Cl)c1c(C(F)(F)F)nn(C(n2nc(C(F)(F)F)cc2C)C(F)(F)F)c1C. The lowest BCUT2D eigenvalue weighted by molar-refractivity contribution is -0.184. The Balaban J connectivity index is 2.40. The van der Waals surface area contributed by atoms with Crippen molar-refractivity contribution in [2.45, 2.75) is 57.7 Å². The Hall–Kier alpha value is -2.89. The quantitative estimate of drug-likeness (QED) is 0.269. The number of alkyl halides is 12. The van der Waals surface area contributed by atoms with Gasteiger partial charge in [0.2, 0.25) is 6.17 Å². The molecule has 20 heteroatoms. The molecule has 0 saturated carbocycles. The maximum Gasteiger partial charge on any atom is 0.435 e. The van der Waals surface area contributed by atoms with Gasteiger partial charge in [0.25, 0.3) is 0 Å². The minimum Gasteiger partial charge on any atom is -0.258 e. The van der Waals surface area contributed by atoms with Gasteiger partial charge in [0.15, 0.2) is 17.1 Å². The summed E-state index contributed by atoms with van der Waals surface area (Å²) in [6.45, 7) is 2.52. The molecular weight excluding hydrogens is 623 g/mol. The third-order valence-electron chi connectivity index (χ3n) is 5.49. The van der Waals surface area contributed by atoms with Crippen molar-refractivity contribution in [1.29, 1.82) is 0 Å². The summed E-state index contributed by atoms with van der Waals surface area (Å²) in [7, 11) is 0. The first-order valence-electron chi connectivity index (χ1n) is 10.5. The normalized spacial score (nSPS) is 14.9. The van der Waals surface area contributed by atoms with Crippen molar-refractivity contribution >= 4 is 23.2 Å². The molecule has 0 N–H and O–H groups in total. The summed E-state index contributed by atoms with van der Waals surface area (Å²) in [5.74, 6) is 0. The molecule has 0 aliphatic carbocycles. The smallest absolute Gasteiger partial charge is 0.258 e. The molecule has 0 saturated heterocycles. The fraction of sp³-hybridized carbons (Fsp3) is 0.450. The zero-order valence-corrected chi connectivity index (χ0v) is 21.4. The van der Waals surface area contributed by atoms with E-state index in [4.69, 9.17) is 23.2 Å². The predicted octanol–water partition coefficient (Wildman–Crippen LogP) is 7.78. The minimum absolute atomic E-state index is 0.215. The molecule has 6 nitrogen and oxygen atoms in total. The van der Waals surface area contributed by atoms with Crippen molar-refractivity contribution in [1.82, 2.24) is 29.3 Å². The van der Waals surface area contributed by atoms with E-state index in [1.54, 1.807) is 0 Å². The monoisotopic (exact) mass is 636 g/mol. The minimum atomic E-state index is -5.57. The summed E-state index contributed by atoms with van der Waals surface area (Å²) in [5.41, 5.74) is -8.57. The first-order chi connectivity index (χ1) is 17.9. The molecule has 2 unspecified atom stereocenters. The topological polar surface area (TPSA) is 53.5 Å². The second-order valence-electron chi connectivity index (χ2n) is 8.33. The molecule has 0 aliphatic rings. The first-order valence-corrected chi connectivity index (χ1v) is 11.2. The maximum atomic E-state index is 14.2. The van der Waals surface area contributed by atoms with Crippen LogP contribution in [0.25, 0.3) is 0 Å². The molecule has 0 amide bonds. The Bertz CT molecular complexity index is 1420. The molecule has 0 aromatic carbocycles. The molecule has 3 heterocycles. The van der Waals surface area contributed by atoms with Gasteiger partial charge >= 0.3 is 24.7 Å². The lowest BCUT2D eigenvalue weighted by Gasteiger charge is -2.24. The third-order valence-corrected chi connectivity index (χ3v) is 5.74. The van der Waals surface area contributed by atoms with Crippen LogP contribution in [0.2, 0.25) is 0 Å². The number of allylic oxidation sites excluding steroid dienone is 1. The van der Waals surface area contributed by atoms with E-state index in [9.17, 15) is 52.7 Å². The number of halogens is 14. The molecular formula is C20H14Cl2F12N6. The number of aryl methyl sites for hydroxylation is 2. The highest BCUT2D eigenvalue weighted by Crippen LogP contribution is 2.43. The van der Waals surface area contributed by atoms with Gasteiger partial charge in [-0.15, -0.1) is 0 Å². The van der Waals surface area contributed by atoms with Gasteiger partial charge in [0.1, 0.15) is 10.5 Å². The summed E-state index contributed by atoms with van der Waals surface area (Å²) in [6, 6.07) is -1.39. The van der Waals surface area contributed by atoms with Crippen molar-refractivity contribution in [3.63, 3.8) is 0 Å². The van der Waals surface area contributed by atoms with Crippen molar-refractivity contribution in [2.75, 3.05) is 0 Å². The average molecular weight is 637 g/mol. The highest BCUT2D eigenvalue weighted by atomic mass is 35.5. The van der Waals surface area contributed by atoms with Crippen LogP contribution in [0, 0.1) is 20.8 Å². The lowest BCUT2D eigenvalue weighted by Crippen LogP contribution is -2.36. The van der Waals surface area contributed by atoms with E-state index in [0.717, 1.165) is 13.8 Å². The zero-order chi connectivity index (χ0) is 30.7. The standard InChI is InChI=1S/C20H14Cl2F12N6/c1-7-4-11(17(23,24)25)35-38(7)10(6-13(21)22)14-9(3)40(37-15(14)19(29,30)31)16(20(32,33)34)39-8(2)5-12(36-39)18(26,27)28/h4-6,10,16H,1-3H3. The lowest BCUT2D eigenvalue weighted by atomic mass is 10.0. The molecule has 0 radical (unpaired) electrons. The highest BCUT2D eigenvalue weighted by molar-refractivity contribution is 6.55. The van der Waals surface area contributed by atoms with Gasteiger partial charge in [-0.2, -0.15) is 68.0 Å². The van der Waals surface area contributed by atoms with Crippen LogP contribution < -0.4 is 0 Å². The van der Waals surface area contributed by atoms with E-state index in [0.29, 0.717) is 23.7 Å². The fourth-order valence-electron chi connectivity index (χ4n) is 3.89. The Kier molecular flexibility index (Phi) is 8.05. The van der Waals surface area contributed by atoms with E-state index in [1.807, 2.05) is 0 Å². The highest BCUT2D eigenvalue weighted by Gasteiger charge is 2.50. The maximum absolute atomic E-state index is 14.2. The molecule has 0 aliphatic heterocycles. The molecule has 3 aromatic rings. The van der Waals surface area contributed by atoms with Gasteiger partial charge in [-0.25, -0.2) is 9.36 Å². The zero-order valence-electron chi connectivity index (χ0n) is 19.9. The van der Waals surface area contributed by atoms with Gasteiger partial charge in [-0.05, 0) is 39.0 Å². The Morgan fingerprint density at radius 1 is 0.700 bits per heavy atom. The van der Waals surface area contributed by atoms with Gasteiger partial charge in [0.05, 0.1) is 0 Å². The molecule has 3 aromatic heterocycles. The predicted molar refractivity (Wildman–Crippen MR) is 114 cm³/mol. The number of aromatic nitrogens is 6. The van der Waals surface area contributed by atoms with E-state index in [1.165, 1.54) is 0 Å². The van der Waals surface area contributed by atoms with Crippen molar-refractivity contribution in [3.05, 3.63) is 62.4 Å². The van der Waals surface area contributed by atoms with Crippen LogP contribution >= 0.6 is 23.2 Å². The number of nitrogens with zero attached hydrogens (tertiary/aromatic N) is 6. The van der Waals surface area contributed by atoms with E-state index < -0.39 is 81.1 Å². The van der Waals surface area contributed by atoms with Crippen LogP contribution in [0.5, 0.6) is 0 Å². The van der Waals surface area contributed by atoms with E-state index in [2.05, 4.69) is 15.3 Å². The number of hydrogen-bond donors (Lipinski definition) is 0. The molecule has 40 heavy (non-hydrogen) atoms. The van der Waals surface area contributed by atoms with Crippen molar-refractivity contribution in [2.24, 2.45) is 0 Å². The van der Waals surface area contributed by atoms with Crippen LogP contribution in [0.15, 0.2) is 22.7 Å². The van der Waals surface area contributed by atoms with Gasteiger partial charge in [-0.1, -0.05) is 23.2 Å². The summed E-state index contributed by atoms with van der Waals surface area (Å²) in [4.78, 5) is 0. The van der Waals surface area contributed by atoms with Crippen LogP contribution in [-0.4, -0.2) is 35.5 Å². The molecule has 0 bridgehead atoms. The van der Waals surface area contributed by atoms with Crippen LogP contribution in [0.1, 0.15) is 51.9 Å². The van der Waals surface area contributed by atoms with Gasteiger partial charge in [0, 0.05) is 22.6 Å². The van der Waals surface area contributed by atoms with Crippen LogP contribution in [-0.2, 0) is 18.5 Å². The molecule has 0 fully saturated rings. The number of rotatable bonds is 5.